The molecule has 0 unspecified atom stereocenters. The van der Waals surface area contributed by atoms with Gasteiger partial charge in [-0.25, -0.2) is 0 Å². The van der Waals surface area contributed by atoms with Gasteiger partial charge in [-0.05, 0) is 24.0 Å². The standard InChI is InChI=1S/C14H15NO2/c1-17-13(16)8-11-9-15-7-3-5-10-4-2-6-12(11)14(10)15/h2,4,6,9H,3,5,7-8H2,1H3. The van der Waals surface area contributed by atoms with Crippen molar-refractivity contribution >= 4 is 16.9 Å². The average Bonchev–Trinajstić information content (AvgIpc) is 2.70. The maximum atomic E-state index is 11.4. The van der Waals surface area contributed by atoms with Gasteiger partial charge in [-0.15, -0.1) is 0 Å². The number of methoxy groups -OCH3 is 1. The number of carbonyl (C=O) groups is 1. The van der Waals surface area contributed by atoms with E-state index in [1.807, 2.05) is 0 Å². The van der Waals surface area contributed by atoms with Gasteiger partial charge in [0.1, 0.15) is 0 Å². The van der Waals surface area contributed by atoms with E-state index in [4.69, 9.17) is 4.74 Å². The molecule has 3 nitrogen and oxygen atoms in total. The number of aromatic nitrogens is 1. The summed E-state index contributed by atoms with van der Waals surface area (Å²) in [6.07, 6.45) is 4.78. The molecule has 3 rings (SSSR count). The van der Waals surface area contributed by atoms with Gasteiger partial charge < -0.3 is 9.30 Å². The Hall–Kier alpha value is -1.77. The van der Waals surface area contributed by atoms with E-state index >= 15 is 0 Å². The molecule has 0 saturated heterocycles. The van der Waals surface area contributed by atoms with Gasteiger partial charge in [-0.3, -0.25) is 4.79 Å². The molecule has 0 saturated carbocycles. The number of esters is 1. The molecule has 17 heavy (non-hydrogen) atoms. The first-order valence-electron chi connectivity index (χ1n) is 5.96. The van der Waals surface area contributed by atoms with E-state index in [2.05, 4.69) is 29.0 Å². The number of ether oxygens (including phenoxy) is 1. The topological polar surface area (TPSA) is 31.2 Å². The molecule has 2 aromatic rings. The van der Waals surface area contributed by atoms with E-state index in [1.165, 1.54) is 30.0 Å². The van der Waals surface area contributed by atoms with Gasteiger partial charge in [-0.2, -0.15) is 0 Å². The normalized spacial score (nSPS) is 13.9. The number of nitrogens with zero attached hydrogens (tertiary/aromatic N) is 1. The number of aryl methyl sites for hydroxylation is 2. The number of hydrogen-bond donors (Lipinski definition) is 0. The predicted molar refractivity (Wildman–Crippen MR) is 66.0 cm³/mol. The first-order valence-corrected chi connectivity index (χ1v) is 5.96. The van der Waals surface area contributed by atoms with Crippen LogP contribution in [0.1, 0.15) is 17.5 Å². The van der Waals surface area contributed by atoms with Crippen molar-refractivity contribution in [3.63, 3.8) is 0 Å². The Morgan fingerprint density at radius 1 is 1.47 bits per heavy atom. The molecule has 0 spiro atoms. The summed E-state index contributed by atoms with van der Waals surface area (Å²) in [6, 6.07) is 6.35. The molecule has 0 atom stereocenters. The van der Waals surface area contributed by atoms with Crippen LogP contribution >= 0.6 is 0 Å². The summed E-state index contributed by atoms with van der Waals surface area (Å²) in [6.45, 7) is 1.05. The van der Waals surface area contributed by atoms with Crippen LogP contribution in [0.4, 0.5) is 0 Å². The minimum Gasteiger partial charge on any atom is -0.469 e. The van der Waals surface area contributed by atoms with E-state index in [1.54, 1.807) is 0 Å². The van der Waals surface area contributed by atoms with Crippen molar-refractivity contribution in [2.75, 3.05) is 7.11 Å². The molecule has 88 valence electrons. The Kier molecular flexibility index (Phi) is 2.39. The van der Waals surface area contributed by atoms with Gasteiger partial charge in [-0.1, -0.05) is 18.2 Å². The van der Waals surface area contributed by atoms with Gasteiger partial charge in [0.25, 0.3) is 0 Å². The molecule has 1 aromatic carbocycles. The number of para-hydroxylation sites is 1. The zero-order chi connectivity index (χ0) is 11.8. The number of benzene rings is 1. The zero-order valence-corrected chi connectivity index (χ0v) is 9.90. The van der Waals surface area contributed by atoms with Crippen LogP contribution in [-0.4, -0.2) is 17.6 Å². The fourth-order valence-corrected chi connectivity index (χ4v) is 2.70. The van der Waals surface area contributed by atoms with Crippen LogP contribution in [0.3, 0.4) is 0 Å². The minimum absolute atomic E-state index is 0.173. The molecule has 1 aliphatic rings. The summed E-state index contributed by atoms with van der Waals surface area (Å²) in [7, 11) is 1.44. The summed E-state index contributed by atoms with van der Waals surface area (Å²) < 4.78 is 7.01. The van der Waals surface area contributed by atoms with Crippen molar-refractivity contribution in [2.24, 2.45) is 0 Å². The molecule has 0 radical (unpaired) electrons. The highest BCUT2D eigenvalue weighted by atomic mass is 16.5. The van der Waals surface area contributed by atoms with Crippen molar-refractivity contribution in [1.82, 2.24) is 4.57 Å². The molecule has 0 N–H and O–H groups in total. The summed E-state index contributed by atoms with van der Waals surface area (Å²) in [5.41, 5.74) is 3.78. The molecule has 0 amide bonds. The van der Waals surface area contributed by atoms with E-state index < -0.39 is 0 Å². The van der Waals surface area contributed by atoms with Crippen LogP contribution in [0.25, 0.3) is 10.9 Å². The summed E-state index contributed by atoms with van der Waals surface area (Å²) in [5, 5.41) is 1.20. The van der Waals surface area contributed by atoms with Gasteiger partial charge >= 0.3 is 5.97 Å². The Bertz CT molecular complexity index is 583. The van der Waals surface area contributed by atoms with Crippen LogP contribution < -0.4 is 0 Å². The highest BCUT2D eigenvalue weighted by Crippen LogP contribution is 2.29. The molecule has 2 heterocycles. The maximum Gasteiger partial charge on any atom is 0.310 e. The number of carbonyl (C=O) groups excluding carboxylic acids is 1. The van der Waals surface area contributed by atoms with E-state index in [0.29, 0.717) is 6.42 Å². The first kappa shape index (κ1) is 10.4. The van der Waals surface area contributed by atoms with Gasteiger partial charge in [0.2, 0.25) is 0 Å². The molecule has 0 aliphatic carbocycles. The summed E-state index contributed by atoms with van der Waals surface area (Å²) in [5.74, 6) is -0.173. The van der Waals surface area contributed by atoms with Crippen LogP contribution in [-0.2, 0) is 28.9 Å². The van der Waals surface area contributed by atoms with Crippen molar-refractivity contribution in [3.8, 4) is 0 Å². The quantitative estimate of drug-likeness (QED) is 0.740. The Morgan fingerprint density at radius 2 is 2.35 bits per heavy atom. The molecule has 3 heteroatoms. The highest BCUT2D eigenvalue weighted by molar-refractivity contribution is 5.90. The van der Waals surface area contributed by atoms with Crippen molar-refractivity contribution < 1.29 is 9.53 Å². The van der Waals surface area contributed by atoms with Crippen molar-refractivity contribution in [2.45, 2.75) is 25.8 Å². The molecular weight excluding hydrogens is 214 g/mol. The lowest BCUT2D eigenvalue weighted by atomic mass is 10.0. The monoisotopic (exact) mass is 229 g/mol. The SMILES string of the molecule is COC(=O)Cc1cn2c3c(cccc13)CCC2. The maximum absolute atomic E-state index is 11.4. The third-order valence-electron chi connectivity index (χ3n) is 3.47. The fourth-order valence-electron chi connectivity index (χ4n) is 2.70. The lowest BCUT2D eigenvalue weighted by Gasteiger charge is -2.14. The van der Waals surface area contributed by atoms with Crippen molar-refractivity contribution in [3.05, 3.63) is 35.5 Å². The summed E-state index contributed by atoms with van der Waals surface area (Å²) >= 11 is 0. The van der Waals surface area contributed by atoms with Crippen LogP contribution in [0.5, 0.6) is 0 Å². The lowest BCUT2D eigenvalue weighted by Crippen LogP contribution is -2.06. The van der Waals surface area contributed by atoms with Gasteiger partial charge in [0.05, 0.1) is 19.0 Å². The Morgan fingerprint density at radius 3 is 3.18 bits per heavy atom. The van der Waals surface area contributed by atoms with E-state index in [9.17, 15) is 4.79 Å². The molecular formula is C14H15NO2. The largest absolute Gasteiger partial charge is 0.469 e. The third-order valence-corrected chi connectivity index (χ3v) is 3.47. The second-order valence-electron chi connectivity index (χ2n) is 4.52. The fraction of sp³-hybridized carbons (Fsp3) is 0.357. The zero-order valence-electron chi connectivity index (χ0n) is 9.90. The third kappa shape index (κ3) is 1.62. The van der Waals surface area contributed by atoms with Crippen LogP contribution in [0, 0.1) is 0 Å². The van der Waals surface area contributed by atoms with E-state index in [-0.39, 0.29) is 5.97 Å². The second-order valence-corrected chi connectivity index (χ2v) is 4.52. The molecule has 1 aliphatic heterocycles. The van der Waals surface area contributed by atoms with Crippen LogP contribution in [0.15, 0.2) is 24.4 Å². The highest BCUT2D eigenvalue weighted by Gasteiger charge is 2.17. The number of hydrogen-bond acceptors (Lipinski definition) is 2. The van der Waals surface area contributed by atoms with E-state index in [0.717, 1.165) is 18.5 Å². The Labute approximate surface area is 100.0 Å². The summed E-state index contributed by atoms with van der Waals surface area (Å²) in [4.78, 5) is 11.4. The van der Waals surface area contributed by atoms with Gasteiger partial charge in [0.15, 0.2) is 0 Å². The molecule has 0 fully saturated rings. The molecule has 1 aromatic heterocycles. The molecule has 0 bridgehead atoms. The van der Waals surface area contributed by atoms with Gasteiger partial charge in [0, 0.05) is 18.1 Å². The average molecular weight is 229 g/mol. The lowest BCUT2D eigenvalue weighted by molar-refractivity contribution is -0.139. The van der Waals surface area contributed by atoms with Crippen LogP contribution in [0.2, 0.25) is 0 Å². The second kappa shape index (κ2) is 3.91. The number of rotatable bonds is 2. The van der Waals surface area contributed by atoms with Crippen molar-refractivity contribution in [1.29, 1.82) is 0 Å². The Balaban J connectivity index is 2.15. The minimum atomic E-state index is -0.173. The first-order chi connectivity index (χ1) is 8.29. The smallest absolute Gasteiger partial charge is 0.310 e. The predicted octanol–water partition coefficient (Wildman–Crippen LogP) is 2.30.